The lowest BCUT2D eigenvalue weighted by molar-refractivity contribution is 0.220. The molecule has 2 N–H and O–H groups in total. The SMILES string of the molecule is CCNC(=NCC(C)Oc1ccccc1F)NCCc1nc(C)c(C)s1. The van der Waals surface area contributed by atoms with E-state index in [9.17, 15) is 4.39 Å². The Labute approximate surface area is 158 Å². The predicted molar refractivity (Wildman–Crippen MR) is 106 cm³/mol. The third kappa shape index (κ3) is 6.29. The molecular weight excluding hydrogens is 351 g/mol. The van der Waals surface area contributed by atoms with Crippen LogP contribution in [0, 0.1) is 19.7 Å². The number of hydrogen-bond donors (Lipinski definition) is 2. The van der Waals surface area contributed by atoms with E-state index in [1.807, 2.05) is 20.8 Å². The number of thiazole rings is 1. The van der Waals surface area contributed by atoms with Gasteiger partial charge in [-0.3, -0.25) is 0 Å². The molecule has 0 amide bonds. The molecular formula is C19H27FN4OS. The summed E-state index contributed by atoms with van der Waals surface area (Å²) in [4.78, 5) is 10.3. The van der Waals surface area contributed by atoms with Crippen LogP contribution in [0.15, 0.2) is 29.3 Å². The number of aliphatic imine (C=N–C) groups is 1. The second kappa shape index (κ2) is 10.1. The largest absolute Gasteiger partial charge is 0.486 e. The minimum atomic E-state index is -0.359. The van der Waals surface area contributed by atoms with Gasteiger partial charge in [-0.1, -0.05) is 12.1 Å². The van der Waals surface area contributed by atoms with Crippen molar-refractivity contribution in [1.82, 2.24) is 15.6 Å². The highest BCUT2D eigenvalue weighted by molar-refractivity contribution is 7.11. The molecule has 0 aliphatic carbocycles. The first kappa shape index (κ1) is 20.2. The molecule has 26 heavy (non-hydrogen) atoms. The van der Waals surface area contributed by atoms with Crippen molar-refractivity contribution in [2.24, 2.45) is 4.99 Å². The van der Waals surface area contributed by atoms with Crippen molar-refractivity contribution < 1.29 is 9.13 Å². The molecule has 7 heteroatoms. The van der Waals surface area contributed by atoms with Gasteiger partial charge in [0.15, 0.2) is 17.5 Å². The number of para-hydroxylation sites is 1. The first-order valence-corrected chi connectivity index (χ1v) is 9.67. The number of aryl methyl sites for hydroxylation is 2. The van der Waals surface area contributed by atoms with E-state index < -0.39 is 0 Å². The van der Waals surface area contributed by atoms with Crippen LogP contribution in [0.4, 0.5) is 4.39 Å². The summed E-state index contributed by atoms with van der Waals surface area (Å²) in [5.41, 5.74) is 1.10. The van der Waals surface area contributed by atoms with E-state index >= 15 is 0 Å². The van der Waals surface area contributed by atoms with Crippen LogP contribution in [0.5, 0.6) is 5.75 Å². The molecule has 0 aliphatic rings. The van der Waals surface area contributed by atoms with Gasteiger partial charge in [0.2, 0.25) is 0 Å². The highest BCUT2D eigenvalue weighted by Gasteiger charge is 2.08. The smallest absolute Gasteiger partial charge is 0.191 e. The Balaban J connectivity index is 1.84. The summed E-state index contributed by atoms with van der Waals surface area (Å²) in [6.45, 7) is 9.96. The van der Waals surface area contributed by atoms with E-state index in [2.05, 4.69) is 27.5 Å². The standard InChI is InChI=1S/C19H27FN4OS/c1-5-21-19(22-11-10-18-24-14(3)15(4)26-18)23-12-13(2)25-17-9-7-6-8-16(17)20/h6-9,13H,5,10-12H2,1-4H3,(H2,21,22,23). The quantitative estimate of drug-likeness (QED) is 0.546. The number of rotatable bonds is 8. The highest BCUT2D eigenvalue weighted by Crippen LogP contribution is 2.17. The van der Waals surface area contributed by atoms with Crippen LogP contribution in [0.3, 0.4) is 0 Å². The average Bonchev–Trinajstić information content (AvgIpc) is 2.92. The minimum absolute atomic E-state index is 0.230. The summed E-state index contributed by atoms with van der Waals surface area (Å²) in [5.74, 6) is 0.617. The lowest BCUT2D eigenvalue weighted by atomic mass is 10.3. The van der Waals surface area contributed by atoms with Gasteiger partial charge in [-0.25, -0.2) is 14.4 Å². The maximum absolute atomic E-state index is 13.6. The van der Waals surface area contributed by atoms with E-state index in [-0.39, 0.29) is 17.7 Å². The number of nitrogens with one attached hydrogen (secondary N) is 2. The molecule has 5 nitrogen and oxygen atoms in total. The summed E-state index contributed by atoms with van der Waals surface area (Å²) in [6.07, 6.45) is 0.622. The van der Waals surface area contributed by atoms with E-state index in [0.29, 0.717) is 6.54 Å². The second-order valence-corrected chi connectivity index (χ2v) is 7.29. The first-order valence-electron chi connectivity index (χ1n) is 8.85. The van der Waals surface area contributed by atoms with Crippen molar-refractivity contribution in [1.29, 1.82) is 0 Å². The fraction of sp³-hybridized carbons (Fsp3) is 0.474. The third-order valence-electron chi connectivity index (χ3n) is 3.72. The van der Waals surface area contributed by atoms with E-state index in [4.69, 9.17) is 4.74 Å². The number of nitrogens with zero attached hydrogens (tertiary/aromatic N) is 2. The van der Waals surface area contributed by atoms with Gasteiger partial charge >= 0.3 is 0 Å². The Morgan fingerprint density at radius 2 is 2.08 bits per heavy atom. The van der Waals surface area contributed by atoms with E-state index in [1.165, 1.54) is 10.9 Å². The fourth-order valence-electron chi connectivity index (χ4n) is 2.29. The number of ether oxygens (including phenoxy) is 1. The number of guanidine groups is 1. The normalized spacial score (nSPS) is 12.7. The molecule has 1 aromatic carbocycles. The van der Waals surface area contributed by atoms with Crippen molar-refractivity contribution in [3.63, 3.8) is 0 Å². The Bertz CT molecular complexity index is 713. The second-order valence-electron chi connectivity index (χ2n) is 6.00. The van der Waals surface area contributed by atoms with Crippen LogP contribution in [0.1, 0.15) is 29.4 Å². The van der Waals surface area contributed by atoms with Crippen molar-refractivity contribution in [2.45, 2.75) is 40.2 Å². The Morgan fingerprint density at radius 1 is 1.31 bits per heavy atom. The van der Waals surface area contributed by atoms with E-state index in [0.717, 1.165) is 36.2 Å². The number of hydrogen-bond acceptors (Lipinski definition) is 4. The van der Waals surface area contributed by atoms with Crippen LogP contribution in [-0.2, 0) is 6.42 Å². The van der Waals surface area contributed by atoms with Gasteiger partial charge in [0.05, 0.1) is 17.2 Å². The zero-order valence-corrected chi connectivity index (χ0v) is 16.6. The molecule has 1 atom stereocenters. The molecule has 1 unspecified atom stereocenters. The zero-order chi connectivity index (χ0) is 18.9. The number of halogens is 1. The summed E-state index contributed by atoms with van der Waals surface area (Å²) >= 11 is 1.73. The third-order valence-corrected chi connectivity index (χ3v) is 4.85. The number of aromatic nitrogens is 1. The topological polar surface area (TPSA) is 58.5 Å². The summed E-state index contributed by atoms with van der Waals surface area (Å²) in [5, 5.41) is 7.64. The summed E-state index contributed by atoms with van der Waals surface area (Å²) in [7, 11) is 0. The van der Waals surface area contributed by atoms with Crippen LogP contribution in [-0.4, -0.2) is 36.7 Å². The maximum atomic E-state index is 13.6. The van der Waals surface area contributed by atoms with Gasteiger partial charge in [-0.15, -0.1) is 11.3 Å². The minimum Gasteiger partial charge on any atom is -0.486 e. The highest BCUT2D eigenvalue weighted by atomic mass is 32.1. The van der Waals surface area contributed by atoms with Gasteiger partial charge < -0.3 is 15.4 Å². The van der Waals surface area contributed by atoms with Gasteiger partial charge in [-0.2, -0.15) is 0 Å². The lowest BCUT2D eigenvalue weighted by Gasteiger charge is -2.15. The van der Waals surface area contributed by atoms with E-state index in [1.54, 1.807) is 29.5 Å². The molecule has 1 heterocycles. The van der Waals surface area contributed by atoms with Gasteiger partial charge in [-0.05, 0) is 39.8 Å². The molecule has 2 rings (SSSR count). The average molecular weight is 379 g/mol. The van der Waals surface area contributed by atoms with Crippen LogP contribution in [0.25, 0.3) is 0 Å². The maximum Gasteiger partial charge on any atom is 0.191 e. The zero-order valence-electron chi connectivity index (χ0n) is 15.8. The van der Waals surface area contributed by atoms with Crippen LogP contribution < -0.4 is 15.4 Å². The number of benzene rings is 1. The summed E-state index contributed by atoms with van der Waals surface area (Å²) in [6, 6.07) is 6.40. The molecule has 0 spiro atoms. The Kier molecular flexibility index (Phi) is 7.84. The van der Waals surface area contributed by atoms with Crippen LogP contribution in [0.2, 0.25) is 0 Å². The predicted octanol–water partition coefficient (Wildman–Crippen LogP) is 3.46. The molecule has 0 bridgehead atoms. The van der Waals surface area contributed by atoms with Gasteiger partial charge in [0, 0.05) is 24.4 Å². The molecule has 0 fully saturated rings. The van der Waals surface area contributed by atoms with Crippen molar-refractivity contribution >= 4 is 17.3 Å². The summed E-state index contributed by atoms with van der Waals surface area (Å²) < 4.78 is 19.3. The monoisotopic (exact) mass is 378 g/mol. The lowest BCUT2D eigenvalue weighted by Crippen LogP contribution is -2.39. The molecule has 0 saturated heterocycles. The van der Waals surface area contributed by atoms with Gasteiger partial charge in [0.1, 0.15) is 6.10 Å². The van der Waals surface area contributed by atoms with Crippen LogP contribution >= 0.6 is 11.3 Å². The van der Waals surface area contributed by atoms with Gasteiger partial charge in [0.25, 0.3) is 0 Å². The Morgan fingerprint density at radius 3 is 2.73 bits per heavy atom. The Hall–Kier alpha value is -2.15. The molecule has 0 saturated carbocycles. The molecule has 0 radical (unpaired) electrons. The molecule has 1 aromatic heterocycles. The van der Waals surface area contributed by atoms with Crippen molar-refractivity contribution in [3.05, 3.63) is 45.7 Å². The van der Waals surface area contributed by atoms with Crippen molar-refractivity contribution in [3.8, 4) is 5.75 Å². The molecule has 142 valence electrons. The first-order chi connectivity index (χ1) is 12.5. The molecule has 0 aliphatic heterocycles. The fourth-order valence-corrected chi connectivity index (χ4v) is 3.22. The molecule has 2 aromatic rings. The van der Waals surface area contributed by atoms with Crippen molar-refractivity contribution in [2.75, 3.05) is 19.6 Å².